The molecule has 6 aromatic carbocycles. The average Bonchev–Trinajstić information content (AvgIpc) is 3.74. The fraction of sp³-hybridized carbons (Fsp3) is 0. The molecule has 0 atom stereocenters. The Kier molecular flexibility index (Phi) is 6.39. The lowest BCUT2D eigenvalue weighted by Crippen LogP contribution is -2.00. The van der Waals surface area contributed by atoms with Crippen molar-refractivity contribution in [3.8, 4) is 51.0 Å². The molecule has 234 valence electrons. The number of fused-ring (bicyclic) bond motifs is 6. The van der Waals surface area contributed by atoms with Gasteiger partial charge in [0.1, 0.15) is 11.2 Å². The lowest BCUT2D eigenvalue weighted by molar-refractivity contribution is 0.669. The van der Waals surface area contributed by atoms with Crippen LogP contribution in [0.15, 0.2) is 168 Å². The maximum atomic E-state index is 6.34. The number of aromatic nitrogens is 5. The number of benzene rings is 6. The van der Waals surface area contributed by atoms with Gasteiger partial charge < -0.3 is 8.98 Å². The highest BCUT2D eigenvalue weighted by atomic mass is 16.3. The second-order valence-corrected chi connectivity index (χ2v) is 12.3. The van der Waals surface area contributed by atoms with Crippen LogP contribution in [-0.4, -0.2) is 24.5 Å². The molecule has 0 radical (unpaired) electrons. The molecule has 0 spiro atoms. The summed E-state index contributed by atoms with van der Waals surface area (Å²) in [5, 5.41) is 4.43. The molecule has 4 aromatic heterocycles. The van der Waals surface area contributed by atoms with E-state index in [2.05, 4.69) is 107 Å². The van der Waals surface area contributed by atoms with Crippen LogP contribution in [-0.2, 0) is 0 Å². The Bertz CT molecular complexity index is 2820. The van der Waals surface area contributed by atoms with Crippen LogP contribution in [0.4, 0.5) is 0 Å². The monoisotopic (exact) mass is 641 g/mol. The Morgan fingerprint density at radius 3 is 1.74 bits per heavy atom. The van der Waals surface area contributed by atoms with Gasteiger partial charge in [-0.25, -0.2) is 15.0 Å². The summed E-state index contributed by atoms with van der Waals surface area (Å²) in [7, 11) is 0. The molecule has 10 aromatic rings. The Morgan fingerprint density at radius 2 is 1.00 bits per heavy atom. The summed E-state index contributed by atoms with van der Waals surface area (Å²) >= 11 is 0. The molecule has 6 nitrogen and oxygen atoms in total. The van der Waals surface area contributed by atoms with Crippen LogP contribution in [0.3, 0.4) is 0 Å². The number of hydrogen-bond acceptors (Lipinski definition) is 5. The number of furan rings is 1. The maximum absolute atomic E-state index is 6.34. The summed E-state index contributed by atoms with van der Waals surface area (Å²) in [4.78, 5) is 19.5. The van der Waals surface area contributed by atoms with Crippen molar-refractivity contribution in [2.75, 3.05) is 0 Å². The second kappa shape index (κ2) is 11.4. The summed E-state index contributed by atoms with van der Waals surface area (Å²) in [6, 6.07) is 52.3. The van der Waals surface area contributed by atoms with E-state index in [9.17, 15) is 0 Å². The molecule has 4 heterocycles. The molecule has 0 saturated heterocycles. The van der Waals surface area contributed by atoms with Crippen molar-refractivity contribution in [2.24, 2.45) is 0 Å². The van der Waals surface area contributed by atoms with E-state index in [0.717, 1.165) is 49.9 Å². The van der Waals surface area contributed by atoms with E-state index in [1.165, 1.54) is 21.8 Å². The van der Waals surface area contributed by atoms with E-state index in [-0.39, 0.29) is 0 Å². The van der Waals surface area contributed by atoms with Gasteiger partial charge in [0.15, 0.2) is 17.5 Å². The van der Waals surface area contributed by atoms with Gasteiger partial charge in [-0.15, -0.1) is 0 Å². The molecule has 50 heavy (non-hydrogen) atoms. The Morgan fingerprint density at radius 1 is 0.420 bits per heavy atom. The van der Waals surface area contributed by atoms with Crippen molar-refractivity contribution in [3.05, 3.63) is 164 Å². The second-order valence-electron chi connectivity index (χ2n) is 12.3. The zero-order valence-electron chi connectivity index (χ0n) is 26.7. The normalized spacial score (nSPS) is 11.6. The molecule has 0 fully saturated rings. The van der Waals surface area contributed by atoms with E-state index >= 15 is 0 Å². The minimum Gasteiger partial charge on any atom is -0.455 e. The zero-order chi connectivity index (χ0) is 33.0. The highest BCUT2D eigenvalue weighted by Crippen LogP contribution is 2.36. The van der Waals surface area contributed by atoms with Crippen molar-refractivity contribution in [1.29, 1.82) is 0 Å². The first-order chi connectivity index (χ1) is 24.8. The fourth-order valence-corrected chi connectivity index (χ4v) is 6.98. The standard InChI is InChI=1S/C44H27N5O/c1-2-11-29(12-3-1)42-46-43(48-44(47-42)37-27-45-26-36-35-17-6-9-20-40(35)50-41(36)37)30-23-21-28(22-24-30)31-13-10-14-32(25-31)49-38-18-7-4-15-33(38)34-16-5-8-19-39(34)49/h1-27H. The van der Waals surface area contributed by atoms with Gasteiger partial charge in [-0.3, -0.25) is 4.98 Å². The van der Waals surface area contributed by atoms with Gasteiger partial charge in [0.25, 0.3) is 0 Å². The molecule has 6 heteroatoms. The van der Waals surface area contributed by atoms with Crippen molar-refractivity contribution in [2.45, 2.75) is 0 Å². The Hall–Kier alpha value is -6.92. The lowest BCUT2D eigenvalue weighted by Gasteiger charge is -2.11. The third-order valence-corrected chi connectivity index (χ3v) is 9.35. The van der Waals surface area contributed by atoms with Crippen LogP contribution >= 0.6 is 0 Å². The van der Waals surface area contributed by atoms with Gasteiger partial charge in [-0.05, 0) is 41.5 Å². The van der Waals surface area contributed by atoms with Gasteiger partial charge in [-0.2, -0.15) is 0 Å². The molecule has 10 rings (SSSR count). The van der Waals surface area contributed by atoms with E-state index in [4.69, 9.17) is 19.4 Å². The molecule has 0 aliphatic heterocycles. The van der Waals surface area contributed by atoms with E-state index < -0.39 is 0 Å². The van der Waals surface area contributed by atoms with E-state index in [1.807, 2.05) is 60.8 Å². The van der Waals surface area contributed by atoms with Crippen LogP contribution < -0.4 is 0 Å². The van der Waals surface area contributed by atoms with Crippen molar-refractivity contribution in [3.63, 3.8) is 0 Å². The first kappa shape index (κ1) is 28.1. The smallest absolute Gasteiger partial charge is 0.169 e. The Labute approximate surface area is 287 Å². The lowest BCUT2D eigenvalue weighted by atomic mass is 10.0. The first-order valence-electron chi connectivity index (χ1n) is 16.5. The SMILES string of the molecule is c1ccc(-c2nc(-c3ccc(-c4cccc(-n5c6ccccc6c6ccccc65)c4)cc3)nc(-c3cncc4c3oc3ccccc34)n2)cc1. The minimum absolute atomic E-state index is 0.508. The van der Waals surface area contributed by atoms with Gasteiger partial charge in [-0.1, -0.05) is 121 Å². The third kappa shape index (κ3) is 4.58. The summed E-state index contributed by atoms with van der Waals surface area (Å²) in [6.45, 7) is 0. The summed E-state index contributed by atoms with van der Waals surface area (Å²) in [5.74, 6) is 1.67. The predicted molar refractivity (Wildman–Crippen MR) is 201 cm³/mol. The van der Waals surface area contributed by atoms with E-state index in [0.29, 0.717) is 23.1 Å². The molecule has 0 amide bonds. The highest BCUT2D eigenvalue weighted by Gasteiger charge is 2.18. The van der Waals surface area contributed by atoms with Crippen LogP contribution in [0, 0.1) is 0 Å². The van der Waals surface area contributed by atoms with Gasteiger partial charge in [0.2, 0.25) is 0 Å². The van der Waals surface area contributed by atoms with Gasteiger partial charge in [0, 0.05) is 50.8 Å². The van der Waals surface area contributed by atoms with Crippen LogP contribution in [0.25, 0.3) is 94.7 Å². The molecule has 0 aliphatic rings. The van der Waals surface area contributed by atoms with Crippen molar-refractivity contribution < 1.29 is 4.42 Å². The van der Waals surface area contributed by atoms with Crippen molar-refractivity contribution in [1.82, 2.24) is 24.5 Å². The molecule has 0 saturated carbocycles. The molecular formula is C44H27N5O. The topological polar surface area (TPSA) is 69.6 Å². The van der Waals surface area contributed by atoms with Crippen molar-refractivity contribution >= 4 is 43.7 Å². The van der Waals surface area contributed by atoms with Gasteiger partial charge in [0.05, 0.1) is 16.6 Å². The summed E-state index contributed by atoms with van der Waals surface area (Å²) in [5.41, 5.74) is 9.74. The van der Waals surface area contributed by atoms with Crippen LogP contribution in [0.1, 0.15) is 0 Å². The average molecular weight is 642 g/mol. The summed E-state index contributed by atoms with van der Waals surface area (Å²) in [6.07, 6.45) is 3.60. The van der Waals surface area contributed by atoms with Gasteiger partial charge >= 0.3 is 0 Å². The first-order valence-corrected chi connectivity index (χ1v) is 16.5. The Balaban J connectivity index is 1.07. The van der Waals surface area contributed by atoms with Crippen LogP contribution in [0.2, 0.25) is 0 Å². The maximum Gasteiger partial charge on any atom is 0.169 e. The number of pyridine rings is 1. The largest absolute Gasteiger partial charge is 0.455 e. The third-order valence-electron chi connectivity index (χ3n) is 9.35. The highest BCUT2D eigenvalue weighted by molar-refractivity contribution is 6.10. The molecule has 0 unspecified atom stereocenters. The number of rotatable bonds is 5. The molecule has 0 N–H and O–H groups in total. The van der Waals surface area contributed by atoms with E-state index in [1.54, 1.807) is 6.20 Å². The predicted octanol–water partition coefficient (Wildman–Crippen LogP) is 10.9. The minimum atomic E-state index is 0.508. The quantitative estimate of drug-likeness (QED) is 0.187. The number of hydrogen-bond donors (Lipinski definition) is 0. The van der Waals surface area contributed by atoms with Crippen LogP contribution in [0.5, 0.6) is 0 Å². The molecular weight excluding hydrogens is 615 g/mol. The molecule has 0 bridgehead atoms. The number of nitrogens with zero attached hydrogens (tertiary/aromatic N) is 5. The number of para-hydroxylation sites is 3. The fourth-order valence-electron chi connectivity index (χ4n) is 6.98. The zero-order valence-corrected chi connectivity index (χ0v) is 26.7. The summed E-state index contributed by atoms with van der Waals surface area (Å²) < 4.78 is 8.68. The molecule has 0 aliphatic carbocycles.